The van der Waals surface area contributed by atoms with E-state index in [1.807, 2.05) is 0 Å². The van der Waals surface area contributed by atoms with Gasteiger partial charge in [-0.3, -0.25) is 4.79 Å². The molecule has 0 aliphatic carbocycles. The Bertz CT molecular complexity index is 1140. The van der Waals surface area contributed by atoms with E-state index in [1.165, 1.54) is 46.4 Å². The van der Waals surface area contributed by atoms with Gasteiger partial charge in [-0.1, -0.05) is 23.5 Å². The number of carbonyl (C=O) groups excluding carboxylic acids is 1. The first-order chi connectivity index (χ1) is 12.5. The second kappa shape index (κ2) is 6.30. The molecule has 8 heteroatoms. The zero-order valence-corrected chi connectivity index (χ0v) is 14.3. The summed E-state index contributed by atoms with van der Waals surface area (Å²) in [5.41, 5.74) is 1.22. The third-order valence-corrected chi connectivity index (χ3v) is 4.71. The molecule has 1 amide bonds. The summed E-state index contributed by atoms with van der Waals surface area (Å²) < 4.78 is 29.3. The van der Waals surface area contributed by atoms with E-state index in [0.29, 0.717) is 26.9 Å². The van der Waals surface area contributed by atoms with Crippen molar-refractivity contribution in [3.63, 3.8) is 0 Å². The highest BCUT2D eigenvalue weighted by atomic mass is 32.1. The fourth-order valence-corrected chi connectivity index (χ4v) is 3.50. The van der Waals surface area contributed by atoms with Crippen LogP contribution >= 0.6 is 11.3 Å². The van der Waals surface area contributed by atoms with Crippen LogP contribution in [0.25, 0.3) is 15.3 Å². The quantitative estimate of drug-likeness (QED) is 0.584. The second-order valence-corrected chi connectivity index (χ2v) is 6.63. The van der Waals surface area contributed by atoms with Crippen LogP contribution in [-0.4, -0.2) is 20.7 Å². The van der Waals surface area contributed by atoms with Crippen molar-refractivity contribution < 1.29 is 13.6 Å². The number of thiazole rings is 1. The maximum absolute atomic E-state index is 13.8. The largest absolute Gasteiger partial charge is 0.306 e. The van der Waals surface area contributed by atoms with Crippen molar-refractivity contribution in [3.05, 3.63) is 71.4 Å². The molecule has 0 unspecified atom stereocenters. The number of amides is 1. The van der Waals surface area contributed by atoms with Crippen LogP contribution in [0.15, 0.2) is 48.5 Å². The van der Waals surface area contributed by atoms with Crippen LogP contribution in [0, 0.1) is 18.6 Å². The van der Waals surface area contributed by atoms with Gasteiger partial charge in [-0.15, -0.1) is 0 Å². The molecule has 130 valence electrons. The molecule has 0 bridgehead atoms. The number of rotatable bonds is 3. The SMILES string of the molecule is Cc1cc(NC(=O)c2ccccc2F)n(-c2nc3ccc(F)cc3s2)n1. The molecule has 2 aromatic heterocycles. The molecule has 0 saturated heterocycles. The Balaban J connectivity index is 1.72. The normalized spacial score (nSPS) is 11.0. The number of benzene rings is 2. The fourth-order valence-electron chi connectivity index (χ4n) is 2.54. The predicted molar refractivity (Wildman–Crippen MR) is 95.8 cm³/mol. The van der Waals surface area contributed by atoms with E-state index < -0.39 is 11.7 Å². The Hall–Kier alpha value is -3.13. The average Bonchev–Trinajstić information content (AvgIpc) is 3.17. The average molecular weight is 370 g/mol. The van der Waals surface area contributed by atoms with Gasteiger partial charge in [0.1, 0.15) is 17.5 Å². The minimum atomic E-state index is -0.608. The number of anilines is 1. The first-order valence-corrected chi connectivity index (χ1v) is 8.52. The molecule has 2 heterocycles. The number of carbonyl (C=O) groups is 1. The van der Waals surface area contributed by atoms with Gasteiger partial charge in [-0.05, 0) is 37.3 Å². The molecule has 0 aliphatic rings. The van der Waals surface area contributed by atoms with Gasteiger partial charge in [0.05, 0.1) is 21.5 Å². The van der Waals surface area contributed by atoms with Crippen LogP contribution in [0.3, 0.4) is 0 Å². The molecule has 0 fully saturated rings. The number of hydrogen-bond acceptors (Lipinski definition) is 4. The first kappa shape index (κ1) is 16.3. The third kappa shape index (κ3) is 2.95. The summed E-state index contributed by atoms with van der Waals surface area (Å²) in [7, 11) is 0. The van der Waals surface area contributed by atoms with Crippen molar-refractivity contribution in [1.82, 2.24) is 14.8 Å². The highest BCUT2D eigenvalue weighted by molar-refractivity contribution is 7.20. The van der Waals surface area contributed by atoms with Crippen LogP contribution in [0.4, 0.5) is 14.6 Å². The number of halogens is 2. The van der Waals surface area contributed by atoms with Gasteiger partial charge < -0.3 is 5.32 Å². The molecule has 4 aromatic rings. The number of aryl methyl sites for hydroxylation is 1. The summed E-state index contributed by atoms with van der Waals surface area (Å²) in [6.07, 6.45) is 0. The van der Waals surface area contributed by atoms with E-state index in [-0.39, 0.29) is 11.4 Å². The van der Waals surface area contributed by atoms with E-state index in [4.69, 9.17) is 0 Å². The van der Waals surface area contributed by atoms with Crippen LogP contribution in [0.5, 0.6) is 0 Å². The van der Waals surface area contributed by atoms with Crippen LogP contribution < -0.4 is 5.32 Å². The molecule has 5 nitrogen and oxygen atoms in total. The maximum Gasteiger partial charge on any atom is 0.259 e. The van der Waals surface area contributed by atoms with Crippen molar-refractivity contribution >= 4 is 33.3 Å². The van der Waals surface area contributed by atoms with Crippen molar-refractivity contribution in [1.29, 1.82) is 0 Å². The molecule has 2 aromatic carbocycles. The van der Waals surface area contributed by atoms with E-state index in [1.54, 1.807) is 25.1 Å². The number of nitrogens with one attached hydrogen (secondary N) is 1. The fraction of sp³-hybridized carbons (Fsp3) is 0.0556. The highest BCUT2D eigenvalue weighted by Gasteiger charge is 2.17. The lowest BCUT2D eigenvalue weighted by atomic mass is 10.2. The Labute approximate surface area is 150 Å². The van der Waals surface area contributed by atoms with Gasteiger partial charge in [0.25, 0.3) is 5.91 Å². The summed E-state index contributed by atoms with van der Waals surface area (Å²) in [6, 6.07) is 11.7. The van der Waals surface area contributed by atoms with Crippen molar-refractivity contribution in [2.75, 3.05) is 5.32 Å². The van der Waals surface area contributed by atoms with Crippen molar-refractivity contribution in [2.24, 2.45) is 0 Å². The van der Waals surface area contributed by atoms with Gasteiger partial charge in [-0.2, -0.15) is 9.78 Å². The van der Waals surface area contributed by atoms with Gasteiger partial charge >= 0.3 is 0 Å². The summed E-state index contributed by atoms with van der Waals surface area (Å²) in [5.74, 6) is -1.19. The number of aromatic nitrogens is 3. The number of fused-ring (bicyclic) bond motifs is 1. The number of nitrogens with zero attached hydrogens (tertiary/aromatic N) is 3. The minimum absolute atomic E-state index is 0.0655. The second-order valence-electron chi connectivity index (χ2n) is 5.63. The lowest BCUT2D eigenvalue weighted by Gasteiger charge is -2.07. The zero-order valence-electron chi connectivity index (χ0n) is 13.5. The molecule has 0 saturated carbocycles. The van der Waals surface area contributed by atoms with Gasteiger partial charge in [-0.25, -0.2) is 13.8 Å². The molecule has 1 N–H and O–H groups in total. The van der Waals surface area contributed by atoms with Gasteiger partial charge in [0.15, 0.2) is 0 Å². The Morgan fingerprint density at radius 2 is 1.96 bits per heavy atom. The summed E-state index contributed by atoms with van der Waals surface area (Å²) in [5, 5.41) is 7.46. The van der Waals surface area contributed by atoms with E-state index >= 15 is 0 Å². The van der Waals surface area contributed by atoms with Crippen LogP contribution in [0.1, 0.15) is 16.1 Å². The minimum Gasteiger partial charge on any atom is -0.306 e. The van der Waals surface area contributed by atoms with Gasteiger partial charge in [0, 0.05) is 6.07 Å². The van der Waals surface area contributed by atoms with E-state index in [2.05, 4.69) is 15.4 Å². The summed E-state index contributed by atoms with van der Waals surface area (Å²) >= 11 is 1.24. The third-order valence-electron chi connectivity index (χ3n) is 3.71. The highest BCUT2D eigenvalue weighted by Crippen LogP contribution is 2.28. The van der Waals surface area contributed by atoms with Crippen LogP contribution in [0.2, 0.25) is 0 Å². The summed E-state index contributed by atoms with van der Waals surface area (Å²) in [4.78, 5) is 16.8. The van der Waals surface area contributed by atoms with Crippen LogP contribution in [-0.2, 0) is 0 Å². The molecule has 0 aliphatic heterocycles. The molecular weight excluding hydrogens is 358 g/mol. The van der Waals surface area contributed by atoms with E-state index in [9.17, 15) is 13.6 Å². The smallest absolute Gasteiger partial charge is 0.259 e. The predicted octanol–water partition coefficient (Wildman–Crippen LogP) is 4.32. The lowest BCUT2D eigenvalue weighted by Crippen LogP contribution is -2.16. The Kier molecular flexibility index (Phi) is 3.96. The zero-order chi connectivity index (χ0) is 18.3. The maximum atomic E-state index is 13.8. The van der Waals surface area contributed by atoms with E-state index in [0.717, 1.165) is 0 Å². The Morgan fingerprint density at radius 1 is 1.15 bits per heavy atom. The monoisotopic (exact) mass is 370 g/mol. The topological polar surface area (TPSA) is 59.8 Å². The molecule has 0 radical (unpaired) electrons. The summed E-state index contributed by atoms with van der Waals surface area (Å²) in [6.45, 7) is 1.77. The molecular formula is C18H12F2N4OS. The lowest BCUT2D eigenvalue weighted by molar-refractivity contribution is 0.102. The standard InChI is InChI=1S/C18H12F2N4OS/c1-10-8-16(22-17(25)12-4-2-3-5-13(12)20)24(23-10)18-21-14-7-6-11(19)9-15(14)26-18/h2-9H,1H3,(H,22,25). The van der Waals surface area contributed by atoms with Crippen molar-refractivity contribution in [2.45, 2.75) is 6.92 Å². The number of hydrogen-bond donors (Lipinski definition) is 1. The Morgan fingerprint density at radius 3 is 2.77 bits per heavy atom. The first-order valence-electron chi connectivity index (χ1n) is 7.70. The van der Waals surface area contributed by atoms with Gasteiger partial charge in [0.2, 0.25) is 5.13 Å². The van der Waals surface area contributed by atoms with Crippen molar-refractivity contribution in [3.8, 4) is 5.13 Å². The molecule has 4 rings (SSSR count). The molecule has 26 heavy (non-hydrogen) atoms. The molecule has 0 spiro atoms. The molecule has 0 atom stereocenters.